The number of rotatable bonds is 5. The number of halogens is 1. The molecule has 0 unspecified atom stereocenters. The lowest BCUT2D eigenvalue weighted by Gasteiger charge is -2.11. The molecule has 0 radical (unpaired) electrons. The first-order chi connectivity index (χ1) is 13.6. The van der Waals surface area contributed by atoms with Crippen molar-refractivity contribution in [3.8, 4) is 17.2 Å². The molecule has 28 heavy (non-hydrogen) atoms. The van der Waals surface area contributed by atoms with Crippen LogP contribution in [0, 0.1) is 5.82 Å². The first-order valence-electron chi connectivity index (χ1n) is 9.01. The number of nitrogens with one attached hydrogen (secondary N) is 1. The summed E-state index contributed by atoms with van der Waals surface area (Å²) < 4.78 is 25.6. The third kappa shape index (κ3) is 3.19. The fraction of sp³-hybridized carbons (Fsp3) is 0.238. The summed E-state index contributed by atoms with van der Waals surface area (Å²) >= 11 is 0. The highest BCUT2D eigenvalue weighted by Gasteiger charge is 2.27. The highest BCUT2D eigenvalue weighted by Crippen LogP contribution is 2.31. The van der Waals surface area contributed by atoms with E-state index in [0.717, 1.165) is 36.2 Å². The van der Waals surface area contributed by atoms with Crippen LogP contribution in [0.1, 0.15) is 28.2 Å². The van der Waals surface area contributed by atoms with Crippen molar-refractivity contribution in [1.82, 2.24) is 9.78 Å². The van der Waals surface area contributed by atoms with Gasteiger partial charge in [-0.05, 0) is 55.7 Å². The van der Waals surface area contributed by atoms with Crippen LogP contribution in [-0.4, -0.2) is 29.9 Å². The van der Waals surface area contributed by atoms with Gasteiger partial charge in [0.2, 0.25) is 0 Å². The number of carbonyl (C=O) groups is 1. The van der Waals surface area contributed by atoms with E-state index in [2.05, 4.69) is 10.4 Å². The van der Waals surface area contributed by atoms with Crippen LogP contribution in [0.3, 0.4) is 0 Å². The summed E-state index contributed by atoms with van der Waals surface area (Å²) in [5.74, 6) is 0.517. The highest BCUT2D eigenvalue weighted by atomic mass is 19.1. The number of amides is 1. The molecule has 0 saturated carbocycles. The second-order valence-corrected chi connectivity index (χ2v) is 6.54. The maximum Gasteiger partial charge on any atom is 0.276 e. The van der Waals surface area contributed by atoms with Crippen molar-refractivity contribution in [1.29, 1.82) is 0 Å². The van der Waals surface area contributed by atoms with E-state index in [9.17, 15) is 9.18 Å². The third-order valence-corrected chi connectivity index (χ3v) is 4.87. The van der Waals surface area contributed by atoms with Gasteiger partial charge in [0, 0.05) is 17.3 Å². The molecule has 0 bridgehead atoms. The normalized spacial score (nSPS) is 12.5. The molecular weight excluding hydrogens is 361 g/mol. The quantitative estimate of drug-likeness (QED) is 0.731. The molecule has 1 aliphatic rings. The van der Waals surface area contributed by atoms with E-state index in [1.807, 2.05) is 0 Å². The predicted molar refractivity (Wildman–Crippen MR) is 103 cm³/mol. The number of aromatic nitrogens is 2. The molecule has 0 spiro atoms. The molecule has 1 heterocycles. The van der Waals surface area contributed by atoms with E-state index in [-0.39, 0.29) is 11.7 Å². The zero-order chi connectivity index (χ0) is 19.7. The predicted octanol–water partition coefficient (Wildman–Crippen LogP) is 3.77. The lowest BCUT2D eigenvalue weighted by molar-refractivity contribution is 0.102. The summed E-state index contributed by atoms with van der Waals surface area (Å²) in [6, 6.07) is 11.3. The maximum atomic E-state index is 13.3. The van der Waals surface area contributed by atoms with Crippen molar-refractivity contribution in [2.75, 3.05) is 19.5 Å². The number of benzene rings is 2. The smallest absolute Gasteiger partial charge is 0.276 e. The van der Waals surface area contributed by atoms with E-state index < -0.39 is 0 Å². The molecule has 0 atom stereocenters. The van der Waals surface area contributed by atoms with Crippen molar-refractivity contribution in [3.63, 3.8) is 0 Å². The molecule has 0 aliphatic heterocycles. The lowest BCUT2D eigenvalue weighted by atomic mass is 10.2. The molecule has 3 aromatic rings. The van der Waals surface area contributed by atoms with Gasteiger partial charge in [0.25, 0.3) is 5.91 Å². The maximum absolute atomic E-state index is 13.3. The first kappa shape index (κ1) is 18.0. The second kappa shape index (κ2) is 7.34. The minimum Gasteiger partial charge on any atom is -0.497 e. The number of hydrogen-bond acceptors (Lipinski definition) is 4. The molecule has 6 nitrogen and oxygen atoms in total. The first-order valence-corrected chi connectivity index (χ1v) is 9.01. The summed E-state index contributed by atoms with van der Waals surface area (Å²) in [6.07, 6.45) is 2.57. The number of methoxy groups -OCH3 is 2. The number of hydrogen-bond donors (Lipinski definition) is 1. The molecule has 144 valence electrons. The minimum absolute atomic E-state index is 0.310. The van der Waals surface area contributed by atoms with Gasteiger partial charge in [-0.2, -0.15) is 5.10 Å². The molecule has 4 rings (SSSR count). The Morgan fingerprint density at radius 3 is 2.61 bits per heavy atom. The van der Waals surface area contributed by atoms with Crippen molar-refractivity contribution in [2.45, 2.75) is 19.3 Å². The van der Waals surface area contributed by atoms with E-state index in [0.29, 0.717) is 22.9 Å². The molecular formula is C21H20FN3O3. The Morgan fingerprint density at radius 1 is 1.11 bits per heavy atom. The molecule has 0 saturated heterocycles. The largest absolute Gasteiger partial charge is 0.497 e. The summed E-state index contributed by atoms with van der Waals surface area (Å²) in [5, 5.41) is 7.41. The van der Waals surface area contributed by atoms with Gasteiger partial charge in [0.15, 0.2) is 5.69 Å². The van der Waals surface area contributed by atoms with Gasteiger partial charge in [0.05, 0.1) is 25.6 Å². The van der Waals surface area contributed by atoms with Gasteiger partial charge in [-0.1, -0.05) is 0 Å². The lowest BCUT2D eigenvalue weighted by Crippen LogP contribution is -2.15. The molecule has 1 aliphatic carbocycles. The van der Waals surface area contributed by atoms with Gasteiger partial charge >= 0.3 is 0 Å². The number of carbonyl (C=O) groups excluding carboxylic acids is 1. The molecule has 0 fully saturated rings. The summed E-state index contributed by atoms with van der Waals surface area (Å²) in [7, 11) is 3.10. The second-order valence-electron chi connectivity index (χ2n) is 6.54. The number of anilines is 1. The zero-order valence-corrected chi connectivity index (χ0v) is 15.7. The standard InChI is InChI=1S/C21H20FN3O3/c1-27-15-10-11-19(28-2)17(12-15)23-21(26)20-16-4-3-5-18(16)25(24-20)14-8-6-13(22)7-9-14/h6-12H,3-5H2,1-2H3,(H,23,26). The van der Waals surface area contributed by atoms with E-state index in [1.165, 1.54) is 12.1 Å². The average molecular weight is 381 g/mol. The van der Waals surface area contributed by atoms with E-state index >= 15 is 0 Å². The summed E-state index contributed by atoms with van der Waals surface area (Å²) in [4.78, 5) is 13.0. The number of nitrogens with zero attached hydrogens (tertiary/aromatic N) is 2. The molecule has 7 heteroatoms. The van der Waals surface area contributed by atoms with Crippen LogP contribution in [0.5, 0.6) is 11.5 Å². The summed E-state index contributed by atoms with van der Waals surface area (Å²) in [6.45, 7) is 0. The van der Waals surface area contributed by atoms with Gasteiger partial charge < -0.3 is 14.8 Å². The van der Waals surface area contributed by atoms with Gasteiger partial charge in [-0.25, -0.2) is 9.07 Å². The van der Waals surface area contributed by atoms with Gasteiger partial charge in [-0.15, -0.1) is 0 Å². The molecule has 2 aromatic carbocycles. The van der Waals surface area contributed by atoms with E-state index in [1.54, 1.807) is 49.2 Å². The van der Waals surface area contributed by atoms with Crippen LogP contribution < -0.4 is 14.8 Å². The van der Waals surface area contributed by atoms with Crippen molar-refractivity contribution < 1.29 is 18.7 Å². The Kier molecular flexibility index (Phi) is 4.73. The Balaban J connectivity index is 1.69. The fourth-order valence-corrected chi connectivity index (χ4v) is 3.51. The minimum atomic E-state index is -0.314. The summed E-state index contributed by atoms with van der Waals surface area (Å²) in [5.41, 5.74) is 3.55. The van der Waals surface area contributed by atoms with Crippen LogP contribution >= 0.6 is 0 Å². The Labute approximate surface area is 161 Å². The SMILES string of the molecule is COc1ccc(OC)c(NC(=O)c2nn(-c3ccc(F)cc3)c3c2CCC3)c1. The Morgan fingerprint density at radius 2 is 1.89 bits per heavy atom. The van der Waals surface area contributed by atoms with Gasteiger partial charge in [0.1, 0.15) is 17.3 Å². The molecule has 1 N–H and O–H groups in total. The van der Waals surface area contributed by atoms with Crippen molar-refractivity contribution >= 4 is 11.6 Å². The topological polar surface area (TPSA) is 65.4 Å². The molecule has 1 aromatic heterocycles. The number of ether oxygens (including phenoxy) is 2. The average Bonchev–Trinajstić information content (AvgIpc) is 3.31. The van der Waals surface area contributed by atoms with Crippen LogP contribution in [0.25, 0.3) is 5.69 Å². The van der Waals surface area contributed by atoms with E-state index in [4.69, 9.17) is 9.47 Å². The highest BCUT2D eigenvalue weighted by molar-refractivity contribution is 6.05. The van der Waals surface area contributed by atoms with Crippen LogP contribution in [0.2, 0.25) is 0 Å². The fourth-order valence-electron chi connectivity index (χ4n) is 3.51. The monoisotopic (exact) mass is 381 g/mol. The Bertz CT molecular complexity index is 1030. The Hall–Kier alpha value is -3.35. The molecule has 1 amide bonds. The van der Waals surface area contributed by atoms with Crippen molar-refractivity contribution in [2.24, 2.45) is 0 Å². The van der Waals surface area contributed by atoms with Crippen LogP contribution in [0.15, 0.2) is 42.5 Å². The number of fused-ring (bicyclic) bond motifs is 1. The zero-order valence-electron chi connectivity index (χ0n) is 15.7. The van der Waals surface area contributed by atoms with Crippen molar-refractivity contribution in [3.05, 3.63) is 65.2 Å². The van der Waals surface area contributed by atoms with Gasteiger partial charge in [-0.3, -0.25) is 4.79 Å². The third-order valence-electron chi connectivity index (χ3n) is 4.87. The van der Waals surface area contributed by atoms with Crippen LogP contribution in [0.4, 0.5) is 10.1 Å². The van der Waals surface area contributed by atoms with Crippen LogP contribution in [-0.2, 0) is 12.8 Å².